The third kappa shape index (κ3) is 5.04. The van der Waals surface area contributed by atoms with E-state index in [9.17, 15) is 5.11 Å². The Morgan fingerprint density at radius 2 is 1.74 bits per heavy atom. The van der Waals surface area contributed by atoms with Gasteiger partial charge in [-0.1, -0.05) is 39.0 Å². The van der Waals surface area contributed by atoms with Gasteiger partial charge in [-0.25, -0.2) is 0 Å². The first-order valence-corrected chi connectivity index (χ1v) is 10.7. The predicted molar refractivity (Wildman–Crippen MR) is 114 cm³/mol. The van der Waals surface area contributed by atoms with Gasteiger partial charge in [0.1, 0.15) is 0 Å². The maximum atomic E-state index is 10.7. The molecule has 4 nitrogen and oxygen atoms in total. The summed E-state index contributed by atoms with van der Waals surface area (Å²) in [5.41, 5.74) is 2.93. The zero-order valence-corrected chi connectivity index (χ0v) is 18.0. The Morgan fingerprint density at radius 1 is 1.07 bits per heavy atom. The molecule has 2 saturated heterocycles. The summed E-state index contributed by atoms with van der Waals surface area (Å²) in [5.74, 6) is 0.394. The van der Waals surface area contributed by atoms with Crippen LogP contribution in [0.25, 0.3) is 0 Å². The van der Waals surface area contributed by atoms with Crippen LogP contribution in [0.1, 0.15) is 45.6 Å². The summed E-state index contributed by atoms with van der Waals surface area (Å²) in [6.07, 6.45) is 3.32. The lowest BCUT2D eigenvalue weighted by atomic mass is 9.73. The standard InChI is InChI=1S/C23H39N3O/c1-23(2,3)20-12-15-26(17-22(20)27)16-18-8-6-7-9-21(18)25(5)19-10-13-24(4)14-11-19/h6-9,19-20,22,27H,10-17H2,1-5H3. The predicted octanol–water partition coefficient (Wildman–Crippen LogP) is 3.45. The molecule has 1 N–H and O–H groups in total. The second kappa shape index (κ2) is 8.50. The number of hydrogen-bond donors (Lipinski definition) is 1. The summed E-state index contributed by atoms with van der Waals surface area (Å²) < 4.78 is 0. The molecular weight excluding hydrogens is 334 g/mol. The van der Waals surface area contributed by atoms with Crippen LogP contribution in [-0.4, -0.2) is 67.3 Å². The van der Waals surface area contributed by atoms with E-state index in [-0.39, 0.29) is 11.5 Å². The van der Waals surface area contributed by atoms with Crippen molar-refractivity contribution in [2.24, 2.45) is 11.3 Å². The summed E-state index contributed by atoms with van der Waals surface area (Å²) in [6, 6.07) is 9.47. The minimum absolute atomic E-state index is 0.178. The molecule has 0 radical (unpaired) electrons. The van der Waals surface area contributed by atoms with E-state index in [1.165, 1.54) is 37.2 Å². The molecule has 0 aliphatic carbocycles. The molecule has 2 heterocycles. The molecule has 0 bridgehead atoms. The fraction of sp³-hybridized carbons (Fsp3) is 0.739. The molecule has 2 unspecified atom stereocenters. The average Bonchev–Trinajstić information content (AvgIpc) is 2.61. The monoisotopic (exact) mass is 373 g/mol. The number of piperidine rings is 2. The van der Waals surface area contributed by atoms with E-state index >= 15 is 0 Å². The van der Waals surface area contributed by atoms with Gasteiger partial charge in [-0.05, 0) is 68.9 Å². The fourth-order valence-electron chi connectivity index (χ4n) is 4.96. The molecular formula is C23H39N3O. The van der Waals surface area contributed by atoms with Crippen molar-refractivity contribution in [1.29, 1.82) is 0 Å². The summed E-state index contributed by atoms with van der Waals surface area (Å²) in [7, 11) is 4.48. The van der Waals surface area contributed by atoms with E-state index in [0.717, 1.165) is 26.1 Å². The highest BCUT2D eigenvalue weighted by molar-refractivity contribution is 5.54. The van der Waals surface area contributed by atoms with Crippen molar-refractivity contribution < 1.29 is 5.11 Å². The Morgan fingerprint density at radius 3 is 2.37 bits per heavy atom. The van der Waals surface area contributed by atoms with Crippen LogP contribution >= 0.6 is 0 Å². The van der Waals surface area contributed by atoms with Crippen LogP contribution in [0.2, 0.25) is 0 Å². The molecule has 1 aromatic carbocycles. The Bertz CT molecular complexity index is 604. The van der Waals surface area contributed by atoms with Crippen LogP contribution in [0.15, 0.2) is 24.3 Å². The van der Waals surface area contributed by atoms with Crippen LogP contribution in [-0.2, 0) is 6.54 Å². The topological polar surface area (TPSA) is 30.0 Å². The summed E-state index contributed by atoms with van der Waals surface area (Å²) in [5, 5.41) is 10.7. The number of aliphatic hydroxyl groups is 1. The second-order valence-electron chi connectivity index (χ2n) is 9.84. The molecule has 2 fully saturated rings. The van der Waals surface area contributed by atoms with Crippen LogP contribution in [0.3, 0.4) is 0 Å². The number of β-amino-alcohol motifs (C(OH)–C–C–N with tert-alkyl or cyclic N) is 1. The minimum atomic E-state index is -0.225. The lowest BCUT2D eigenvalue weighted by molar-refractivity contribution is -0.0264. The Kier molecular flexibility index (Phi) is 6.50. The molecule has 2 aliphatic rings. The van der Waals surface area contributed by atoms with Gasteiger partial charge < -0.3 is 14.9 Å². The van der Waals surface area contributed by atoms with Gasteiger partial charge >= 0.3 is 0 Å². The van der Waals surface area contributed by atoms with Crippen molar-refractivity contribution in [1.82, 2.24) is 9.80 Å². The SMILES string of the molecule is CN1CCC(N(C)c2ccccc2CN2CCC(C(C)(C)C)C(O)C2)CC1. The number of aliphatic hydroxyl groups excluding tert-OH is 1. The van der Waals surface area contributed by atoms with Crippen molar-refractivity contribution >= 4 is 5.69 Å². The number of nitrogens with zero attached hydrogens (tertiary/aromatic N) is 3. The first-order chi connectivity index (χ1) is 12.8. The number of likely N-dealkylation sites (tertiary alicyclic amines) is 2. The molecule has 2 aliphatic heterocycles. The van der Waals surface area contributed by atoms with Crippen molar-refractivity contribution in [3.63, 3.8) is 0 Å². The van der Waals surface area contributed by atoms with Gasteiger partial charge in [0.15, 0.2) is 0 Å². The van der Waals surface area contributed by atoms with Crippen LogP contribution in [0.5, 0.6) is 0 Å². The number of hydrogen-bond acceptors (Lipinski definition) is 4. The third-order valence-corrected chi connectivity index (χ3v) is 6.78. The first-order valence-electron chi connectivity index (χ1n) is 10.7. The van der Waals surface area contributed by atoms with E-state index in [4.69, 9.17) is 0 Å². The normalized spacial score (nSPS) is 26.3. The molecule has 0 aromatic heterocycles. The lowest BCUT2D eigenvalue weighted by Gasteiger charge is -2.43. The highest BCUT2D eigenvalue weighted by Crippen LogP contribution is 2.35. The first kappa shape index (κ1) is 20.6. The maximum Gasteiger partial charge on any atom is 0.0700 e. The second-order valence-corrected chi connectivity index (χ2v) is 9.84. The van der Waals surface area contributed by atoms with E-state index in [2.05, 4.69) is 73.8 Å². The average molecular weight is 374 g/mol. The molecule has 0 amide bonds. The van der Waals surface area contributed by atoms with Crippen LogP contribution in [0, 0.1) is 11.3 Å². The van der Waals surface area contributed by atoms with Gasteiger partial charge in [0, 0.05) is 31.9 Å². The Balaban J connectivity index is 1.66. The van der Waals surface area contributed by atoms with Crippen LogP contribution in [0.4, 0.5) is 5.69 Å². The van der Waals surface area contributed by atoms with Gasteiger partial charge in [0.2, 0.25) is 0 Å². The van der Waals surface area contributed by atoms with Gasteiger partial charge in [-0.2, -0.15) is 0 Å². The smallest absolute Gasteiger partial charge is 0.0700 e. The van der Waals surface area contributed by atoms with Gasteiger partial charge in [0.05, 0.1) is 6.10 Å². The van der Waals surface area contributed by atoms with Crippen molar-refractivity contribution in [2.45, 2.75) is 58.7 Å². The van der Waals surface area contributed by atoms with Gasteiger partial charge in [-0.15, -0.1) is 0 Å². The zero-order valence-electron chi connectivity index (χ0n) is 18.0. The van der Waals surface area contributed by atoms with E-state index in [1.807, 2.05) is 0 Å². The third-order valence-electron chi connectivity index (χ3n) is 6.78. The van der Waals surface area contributed by atoms with Crippen molar-refractivity contribution in [3.8, 4) is 0 Å². The Hall–Kier alpha value is -1.10. The van der Waals surface area contributed by atoms with Crippen LogP contribution < -0.4 is 4.90 Å². The largest absolute Gasteiger partial charge is 0.391 e. The molecule has 0 saturated carbocycles. The number of benzene rings is 1. The van der Waals surface area contributed by atoms with Gasteiger partial charge in [-0.3, -0.25) is 4.90 Å². The fourth-order valence-corrected chi connectivity index (χ4v) is 4.96. The van der Waals surface area contributed by atoms with Gasteiger partial charge in [0.25, 0.3) is 0 Å². The van der Waals surface area contributed by atoms with E-state index in [1.54, 1.807) is 0 Å². The summed E-state index contributed by atoms with van der Waals surface area (Å²) in [4.78, 5) is 7.37. The molecule has 3 rings (SSSR count). The zero-order chi connectivity index (χ0) is 19.6. The van der Waals surface area contributed by atoms with Crippen molar-refractivity contribution in [3.05, 3.63) is 29.8 Å². The molecule has 27 heavy (non-hydrogen) atoms. The molecule has 152 valence electrons. The van der Waals surface area contributed by atoms with Crippen molar-refractivity contribution in [2.75, 3.05) is 45.2 Å². The van der Waals surface area contributed by atoms with E-state index < -0.39 is 0 Å². The van der Waals surface area contributed by atoms with E-state index in [0.29, 0.717) is 12.0 Å². The lowest BCUT2D eigenvalue weighted by Crippen LogP contribution is -2.47. The highest BCUT2D eigenvalue weighted by atomic mass is 16.3. The maximum absolute atomic E-state index is 10.7. The highest BCUT2D eigenvalue weighted by Gasteiger charge is 2.35. The minimum Gasteiger partial charge on any atom is -0.391 e. The number of rotatable bonds is 4. The molecule has 2 atom stereocenters. The Labute approximate surface area is 166 Å². The quantitative estimate of drug-likeness (QED) is 0.876. The number of para-hydroxylation sites is 1. The summed E-state index contributed by atoms with van der Waals surface area (Å²) >= 11 is 0. The molecule has 4 heteroatoms. The molecule has 0 spiro atoms. The summed E-state index contributed by atoms with van der Waals surface area (Å²) in [6.45, 7) is 11.9. The number of anilines is 1. The molecule has 1 aromatic rings.